The molecule has 7 nitrogen and oxygen atoms in total. The number of hydrogen-bond donors (Lipinski definition) is 2. The summed E-state index contributed by atoms with van der Waals surface area (Å²) < 4.78 is 24.9. The molecule has 1 amide bonds. The standard InChI is InChI=1S/C20H18FN3O4/c1-11-10-24(23-28-11)15-9-16-14(8-17(15)26-3)18(20(25)22-2)19(27-16)12-4-6-13(21)7-5-12/h4-10,23H,1-3H3,(H,22,25). The fourth-order valence-electron chi connectivity index (χ4n) is 3.09. The number of ether oxygens (including phenoxy) is 1. The zero-order valence-corrected chi connectivity index (χ0v) is 15.5. The van der Waals surface area contributed by atoms with Gasteiger partial charge >= 0.3 is 0 Å². The third kappa shape index (κ3) is 2.93. The summed E-state index contributed by atoms with van der Waals surface area (Å²) in [6.07, 6.45) is 1.76. The SMILES string of the molecule is CNC(=O)c1c(-c2ccc(F)cc2)oc2cc(N3C=C(C)ON3)c(OC)cc12. The van der Waals surface area contributed by atoms with E-state index in [1.807, 2.05) is 0 Å². The Labute approximate surface area is 160 Å². The molecule has 0 bridgehead atoms. The van der Waals surface area contributed by atoms with Crippen molar-refractivity contribution in [1.82, 2.24) is 10.9 Å². The summed E-state index contributed by atoms with van der Waals surface area (Å²) in [5.74, 6) is 0.871. The van der Waals surface area contributed by atoms with Crippen LogP contribution in [0.3, 0.4) is 0 Å². The van der Waals surface area contributed by atoms with Gasteiger partial charge in [0.05, 0.1) is 18.9 Å². The number of benzene rings is 2. The van der Waals surface area contributed by atoms with Crippen molar-refractivity contribution in [2.45, 2.75) is 6.92 Å². The Balaban J connectivity index is 1.95. The van der Waals surface area contributed by atoms with E-state index in [1.165, 1.54) is 12.1 Å². The zero-order valence-electron chi connectivity index (χ0n) is 15.5. The molecular formula is C20H18FN3O4. The summed E-state index contributed by atoms with van der Waals surface area (Å²) in [7, 11) is 3.08. The molecule has 0 atom stereocenters. The number of nitrogens with one attached hydrogen (secondary N) is 2. The number of carbonyl (C=O) groups excluding carboxylic acids is 1. The van der Waals surface area contributed by atoms with Crippen LogP contribution >= 0.6 is 0 Å². The summed E-state index contributed by atoms with van der Waals surface area (Å²) in [6, 6.07) is 9.26. The predicted octanol–water partition coefficient (Wildman–Crippen LogP) is 3.72. The first kappa shape index (κ1) is 17.9. The lowest BCUT2D eigenvalue weighted by Gasteiger charge is -2.17. The van der Waals surface area contributed by atoms with Gasteiger partial charge < -0.3 is 19.3 Å². The van der Waals surface area contributed by atoms with E-state index in [9.17, 15) is 9.18 Å². The number of amides is 1. The maximum Gasteiger partial charge on any atom is 0.255 e. The van der Waals surface area contributed by atoms with Crippen molar-refractivity contribution in [2.75, 3.05) is 19.2 Å². The molecule has 144 valence electrons. The number of nitrogens with zero attached hydrogens (tertiary/aromatic N) is 1. The summed E-state index contributed by atoms with van der Waals surface area (Å²) >= 11 is 0. The molecule has 1 aliphatic rings. The van der Waals surface area contributed by atoms with E-state index in [4.69, 9.17) is 14.0 Å². The van der Waals surface area contributed by atoms with Gasteiger partial charge in [-0.25, -0.2) is 9.40 Å². The Morgan fingerprint density at radius 3 is 2.61 bits per heavy atom. The van der Waals surface area contributed by atoms with Gasteiger partial charge in [-0.1, -0.05) is 5.59 Å². The molecule has 0 saturated carbocycles. The summed E-state index contributed by atoms with van der Waals surface area (Å²) in [5, 5.41) is 4.86. The maximum atomic E-state index is 13.3. The number of carbonyl (C=O) groups is 1. The highest BCUT2D eigenvalue weighted by Gasteiger charge is 2.25. The number of anilines is 1. The minimum atomic E-state index is -0.368. The van der Waals surface area contributed by atoms with Crippen LogP contribution in [-0.4, -0.2) is 20.1 Å². The Morgan fingerprint density at radius 1 is 1.25 bits per heavy atom. The van der Waals surface area contributed by atoms with Crippen molar-refractivity contribution < 1.29 is 23.2 Å². The smallest absolute Gasteiger partial charge is 0.255 e. The van der Waals surface area contributed by atoms with Crippen LogP contribution in [0.25, 0.3) is 22.3 Å². The van der Waals surface area contributed by atoms with E-state index in [0.717, 1.165) is 0 Å². The normalized spacial score (nSPS) is 13.4. The molecule has 0 saturated heterocycles. The molecular weight excluding hydrogens is 365 g/mol. The van der Waals surface area contributed by atoms with Crippen molar-refractivity contribution in [2.24, 2.45) is 0 Å². The lowest BCUT2D eigenvalue weighted by Crippen LogP contribution is -2.27. The number of allylic oxidation sites excluding steroid dienone is 1. The Morgan fingerprint density at radius 2 is 2.00 bits per heavy atom. The van der Waals surface area contributed by atoms with E-state index >= 15 is 0 Å². The lowest BCUT2D eigenvalue weighted by atomic mass is 10.0. The van der Waals surface area contributed by atoms with Crippen molar-refractivity contribution >= 4 is 22.6 Å². The predicted molar refractivity (Wildman–Crippen MR) is 102 cm³/mol. The number of hydrogen-bond acceptors (Lipinski definition) is 6. The zero-order chi connectivity index (χ0) is 19.8. The van der Waals surface area contributed by atoms with E-state index in [-0.39, 0.29) is 11.7 Å². The van der Waals surface area contributed by atoms with Crippen molar-refractivity contribution in [1.29, 1.82) is 0 Å². The average molecular weight is 383 g/mol. The number of rotatable bonds is 4. The molecule has 1 aromatic heterocycles. The fourth-order valence-corrected chi connectivity index (χ4v) is 3.09. The van der Waals surface area contributed by atoms with Gasteiger partial charge in [0.1, 0.15) is 34.4 Å². The van der Waals surface area contributed by atoms with Gasteiger partial charge in [-0.15, -0.1) is 0 Å². The summed E-state index contributed by atoms with van der Waals surface area (Å²) in [4.78, 5) is 17.8. The Hall–Kier alpha value is -3.52. The highest BCUT2D eigenvalue weighted by molar-refractivity contribution is 6.12. The molecule has 0 fully saturated rings. The van der Waals surface area contributed by atoms with E-state index < -0.39 is 0 Å². The van der Waals surface area contributed by atoms with Crippen LogP contribution in [0.2, 0.25) is 0 Å². The van der Waals surface area contributed by atoms with E-state index in [2.05, 4.69) is 10.9 Å². The number of hydrazine groups is 1. The second-order valence-electron chi connectivity index (χ2n) is 6.22. The van der Waals surface area contributed by atoms with Gasteiger partial charge in [-0.3, -0.25) is 4.79 Å². The summed E-state index contributed by atoms with van der Waals surface area (Å²) in [6.45, 7) is 1.81. The number of fused-ring (bicyclic) bond motifs is 1. The van der Waals surface area contributed by atoms with Crippen LogP contribution in [0.4, 0.5) is 10.1 Å². The molecule has 8 heteroatoms. The van der Waals surface area contributed by atoms with Crippen LogP contribution < -0.4 is 20.7 Å². The Bertz CT molecular complexity index is 1090. The third-order valence-corrected chi connectivity index (χ3v) is 4.43. The number of halogens is 1. The van der Waals surface area contributed by atoms with Gasteiger partial charge in [0.15, 0.2) is 0 Å². The monoisotopic (exact) mass is 383 g/mol. The molecule has 3 aromatic rings. The quantitative estimate of drug-likeness (QED) is 0.715. The first-order chi connectivity index (χ1) is 13.5. The van der Waals surface area contributed by atoms with Crippen molar-refractivity contribution in [3.05, 3.63) is 59.7 Å². The second-order valence-corrected chi connectivity index (χ2v) is 6.22. The highest BCUT2D eigenvalue weighted by atomic mass is 19.1. The molecule has 0 unspecified atom stereocenters. The average Bonchev–Trinajstić information content (AvgIpc) is 3.30. The lowest BCUT2D eigenvalue weighted by molar-refractivity contribution is 0.0964. The molecule has 28 heavy (non-hydrogen) atoms. The van der Waals surface area contributed by atoms with Crippen LogP contribution in [0, 0.1) is 5.82 Å². The van der Waals surface area contributed by atoms with Crippen LogP contribution in [0.1, 0.15) is 17.3 Å². The minimum absolute atomic E-state index is 0.314. The second kappa shape index (κ2) is 6.90. The van der Waals surface area contributed by atoms with Crippen molar-refractivity contribution in [3.8, 4) is 17.1 Å². The van der Waals surface area contributed by atoms with Gasteiger partial charge in [-0.05, 0) is 37.3 Å². The molecule has 1 aliphatic heterocycles. The van der Waals surface area contributed by atoms with Gasteiger partial charge in [-0.2, -0.15) is 0 Å². The fraction of sp³-hybridized carbons (Fsp3) is 0.150. The van der Waals surface area contributed by atoms with Crippen LogP contribution in [-0.2, 0) is 4.84 Å². The van der Waals surface area contributed by atoms with E-state index in [1.54, 1.807) is 56.6 Å². The van der Waals surface area contributed by atoms with Gasteiger partial charge in [0.25, 0.3) is 5.91 Å². The highest BCUT2D eigenvalue weighted by Crippen LogP contribution is 2.40. The molecule has 2 aromatic carbocycles. The molecule has 0 radical (unpaired) electrons. The minimum Gasteiger partial charge on any atom is -0.494 e. The molecule has 4 rings (SSSR count). The van der Waals surface area contributed by atoms with Gasteiger partial charge in [0, 0.05) is 24.1 Å². The maximum absolute atomic E-state index is 13.3. The van der Waals surface area contributed by atoms with Gasteiger partial charge in [0.2, 0.25) is 0 Å². The van der Waals surface area contributed by atoms with E-state index in [0.29, 0.717) is 45.1 Å². The van der Waals surface area contributed by atoms with Crippen LogP contribution in [0.15, 0.2) is 52.8 Å². The first-order valence-corrected chi connectivity index (χ1v) is 8.54. The first-order valence-electron chi connectivity index (χ1n) is 8.54. The molecule has 0 aliphatic carbocycles. The largest absolute Gasteiger partial charge is 0.494 e. The Kier molecular flexibility index (Phi) is 4.40. The number of methoxy groups -OCH3 is 1. The summed E-state index contributed by atoms with van der Waals surface area (Å²) in [5.41, 5.74) is 4.83. The van der Waals surface area contributed by atoms with Crippen molar-refractivity contribution in [3.63, 3.8) is 0 Å². The molecule has 2 heterocycles. The number of furan rings is 1. The molecule has 2 N–H and O–H groups in total. The topological polar surface area (TPSA) is 76.0 Å². The third-order valence-electron chi connectivity index (χ3n) is 4.43. The van der Waals surface area contributed by atoms with Crippen LogP contribution in [0.5, 0.6) is 5.75 Å². The molecule has 0 spiro atoms.